The molecule has 6 nitrogen and oxygen atoms in total. The van der Waals surface area contributed by atoms with Gasteiger partial charge < -0.3 is 19.1 Å². The molecule has 33 heavy (non-hydrogen) atoms. The first-order valence-corrected chi connectivity index (χ1v) is 11.9. The smallest absolute Gasteiger partial charge is 0.268 e. The number of likely N-dealkylation sites (tertiary alicyclic amines) is 1. The fraction of sp³-hybridized carbons (Fsp3) is 0.500. The monoisotopic (exact) mass is 454 g/mol. The number of hydrogen-bond donors (Lipinski definition) is 0. The highest BCUT2D eigenvalue weighted by Crippen LogP contribution is 2.40. The molecule has 0 bridgehead atoms. The minimum absolute atomic E-state index is 0.0493. The predicted molar refractivity (Wildman–Crippen MR) is 124 cm³/mol. The van der Waals surface area contributed by atoms with Crippen LogP contribution in [0, 0.1) is 0 Å². The van der Waals surface area contributed by atoms with Crippen LogP contribution in [0.25, 0.3) is 0 Å². The molecule has 0 aromatic heterocycles. The third-order valence-corrected chi connectivity index (χ3v) is 6.70. The summed E-state index contributed by atoms with van der Waals surface area (Å²) in [6.45, 7) is 2.97. The highest BCUT2D eigenvalue weighted by atomic mass is 19.1. The molecule has 7 heteroatoms. The van der Waals surface area contributed by atoms with Gasteiger partial charge in [-0.15, -0.1) is 0 Å². The zero-order valence-corrected chi connectivity index (χ0v) is 19.0. The second kappa shape index (κ2) is 9.59. The van der Waals surface area contributed by atoms with E-state index < -0.39 is 12.3 Å². The van der Waals surface area contributed by atoms with Crippen molar-refractivity contribution in [3.05, 3.63) is 48.0 Å². The maximum atomic E-state index is 13.3. The Morgan fingerprint density at radius 1 is 1.00 bits per heavy atom. The van der Waals surface area contributed by atoms with Crippen LogP contribution in [0.1, 0.15) is 37.2 Å². The van der Waals surface area contributed by atoms with E-state index in [0.717, 1.165) is 18.0 Å². The Morgan fingerprint density at radius 2 is 1.82 bits per heavy atom. The van der Waals surface area contributed by atoms with Gasteiger partial charge in [0.05, 0.1) is 7.11 Å². The molecule has 176 valence electrons. The summed E-state index contributed by atoms with van der Waals surface area (Å²) in [6.07, 6.45) is 2.54. The normalized spacial score (nSPS) is 23.2. The molecule has 2 heterocycles. The Balaban J connectivity index is 1.18. The van der Waals surface area contributed by atoms with Crippen LogP contribution < -0.4 is 19.1 Å². The van der Waals surface area contributed by atoms with E-state index in [-0.39, 0.29) is 5.91 Å². The van der Waals surface area contributed by atoms with Crippen LogP contribution in [0.4, 0.5) is 10.1 Å². The van der Waals surface area contributed by atoms with Crippen molar-refractivity contribution < 1.29 is 23.4 Å². The number of methoxy groups -OCH3 is 1. The van der Waals surface area contributed by atoms with Gasteiger partial charge in [-0.05, 0) is 55.0 Å². The molecule has 2 aromatic carbocycles. The summed E-state index contributed by atoms with van der Waals surface area (Å²) in [6, 6.07) is 13.7. The number of alkyl halides is 1. The van der Waals surface area contributed by atoms with Crippen LogP contribution in [-0.4, -0.2) is 63.0 Å². The summed E-state index contributed by atoms with van der Waals surface area (Å²) in [5, 5.41) is 0. The summed E-state index contributed by atoms with van der Waals surface area (Å²) >= 11 is 0. The van der Waals surface area contributed by atoms with Crippen LogP contribution in [0.15, 0.2) is 42.5 Å². The number of ether oxygens (including phenoxy) is 3. The third kappa shape index (κ3) is 5.08. The zero-order chi connectivity index (χ0) is 22.8. The molecule has 0 N–H and O–H groups in total. The quantitative estimate of drug-likeness (QED) is 0.569. The second-order valence-electron chi connectivity index (χ2n) is 9.10. The number of nitrogens with zero attached hydrogens (tertiary/aromatic N) is 2. The molecule has 0 radical (unpaired) electrons. The van der Waals surface area contributed by atoms with Crippen molar-refractivity contribution in [3.63, 3.8) is 0 Å². The average Bonchev–Trinajstić information content (AvgIpc) is 3.51. The van der Waals surface area contributed by atoms with E-state index in [1.54, 1.807) is 12.0 Å². The molecule has 5 rings (SSSR count). The number of hydrogen-bond acceptors (Lipinski definition) is 5. The minimum Gasteiger partial charge on any atom is -0.493 e. The topological polar surface area (TPSA) is 51.2 Å². The molecule has 3 fully saturated rings. The Labute approximate surface area is 194 Å². The lowest BCUT2D eigenvalue weighted by Gasteiger charge is -2.20. The van der Waals surface area contributed by atoms with Gasteiger partial charge in [-0.1, -0.05) is 12.1 Å². The van der Waals surface area contributed by atoms with Crippen LogP contribution >= 0.6 is 0 Å². The Hall–Kier alpha value is -2.80. The van der Waals surface area contributed by atoms with E-state index in [4.69, 9.17) is 14.2 Å². The van der Waals surface area contributed by atoms with Gasteiger partial charge in [-0.3, -0.25) is 9.69 Å². The van der Waals surface area contributed by atoms with E-state index in [9.17, 15) is 9.18 Å². The lowest BCUT2D eigenvalue weighted by Crippen LogP contribution is -2.32. The summed E-state index contributed by atoms with van der Waals surface area (Å²) in [4.78, 5) is 16.8. The highest BCUT2D eigenvalue weighted by molar-refractivity contribution is 5.99. The molecular formula is C26H31FN2O4. The molecule has 3 aliphatic rings. The molecule has 0 unspecified atom stereocenters. The van der Waals surface area contributed by atoms with Crippen molar-refractivity contribution in [1.29, 1.82) is 0 Å². The van der Waals surface area contributed by atoms with Crippen LogP contribution in [-0.2, 0) is 4.79 Å². The highest BCUT2D eigenvalue weighted by Gasteiger charge is 2.35. The summed E-state index contributed by atoms with van der Waals surface area (Å²) < 4.78 is 30.7. The van der Waals surface area contributed by atoms with E-state index >= 15 is 0 Å². The van der Waals surface area contributed by atoms with Crippen molar-refractivity contribution in [1.82, 2.24) is 4.90 Å². The fourth-order valence-corrected chi connectivity index (χ4v) is 4.64. The SMILES string of the molecule is COc1cc(N2CC[C@H](Oc3ccc(C4CC4)cc3)C2=O)ccc1OCCN1CC[C@H](F)C1. The lowest BCUT2D eigenvalue weighted by atomic mass is 10.1. The number of benzene rings is 2. The van der Waals surface area contributed by atoms with Crippen LogP contribution in [0.2, 0.25) is 0 Å². The fourth-order valence-electron chi connectivity index (χ4n) is 4.64. The van der Waals surface area contributed by atoms with Crippen molar-refractivity contribution in [2.75, 3.05) is 44.8 Å². The van der Waals surface area contributed by atoms with Crippen LogP contribution in [0.5, 0.6) is 17.2 Å². The van der Waals surface area contributed by atoms with Crippen molar-refractivity contribution in [2.45, 2.75) is 43.9 Å². The first-order chi connectivity index (χ1) is 16.1. The van der Waals surface area contributed by atoms with Gasteiger partial charge in [-0.25, -0.2) is 4.39 Å². The van der Waals surface area contributed by atoms with E-state index in [1.807, 2.05) is 30.3 Å². The number of carbonyl (C=O) groups is 1. The number of anilines is 1. The molecule has 1 saturated carbocycles. The second-order valence-corrected chi connectivity index (χ2v) is 9.10. The van der Waals surface area contributed by atoms with Crippen molar-refractivity contribution >= 4 is 11.6 Å². The lowest BCUT2D eigenvalue weighted by molar-refractivity contribution is -0.122. The number of amides is 1. The summed E-state index contributed by atoms with van der Waals surface area (Å²) in [5.41, 5.74) is 2.11. The van der Waals surface area contributed by atoms with Crippen LogP contribution in [0.3, 0.4) is 0 Å². The third-order valence-electron chi connectivity index (χ3n) is 6.70. The molecule has 1 amide bonds. The first kappa shape index (κ1) is 22.0. The van der Waals surface area contributed by atoms with Crippen molar-refractivity contribution in [3.8, 4) is 17.2 Å². The summed E-state index contributed by atoms with van der Waals surface area (Å²) in [7, 11) is 1.59. The largest absolute Gasteiger partial charge is 0.493 e. The molecule has 2 aliphatic heterocycles. The Bertz CT molecular complexity index is 979. The van der Waals surface area contributed by atoms with Gasteiger partial charge in [0.2, 0.25) is 0 Å². The standard InChI is InChI=1S/C26H31FN2O4/c1-31-25-16-21(6-9-23(25)32-15-14-28-12-10-20(27)17-28)29-13-11-24(26(29)30)33-22-7-4-19(5-8-22)18-2-3-18/h4-9,16,18,20,24H,2-3,10-15,17H2,1H3/t20-,24-/m0/s1. The molecule has 2 aromatic rings. The van der Waals surface area contributed by atoms with E-state index in [2.05, 4.69) is 17.0 Å². The number of rotatable bonds is 9. The molecule has 2 saturated heterocycles. The van der Waals surface area contributed by atoms with E-state index in [0.29, 0.717) is 56.5 Å². The van der Waals surface area contributed by atoms with Gasteiger partial charge in [0.25, 0.3) is 5.91 Å². The molecule has 0 spiro atoms. The summed E-state index contributed by atoms with van der Waals surface area (Å²) in [5.74, 6) is 2.58. The number of halogens is 1. The Kier molecular flexibility index (Phi) is 6.40. The van der Waals surface area contributed by atoms with E-state index in [1.165, 1.54) is 18.4 Å². The number of carbonyl (C=O) groups excluding carboxylic acids is 1. The molecule has 2 atom stereocenters. The van der Waals surface area contributed by atoms with Gasteiger partial charge in [0, 0.05) is 44.4 Å². The first-order valence-electron chi connectivity index (χ1n) is 11.9. The van der Waals surface area contributed by atoms with Gasteiger partial charge in [0.15, 0.2) is 17.6 Å². The Morgan fingerprint density at radius 3 is 2.52 bits per heavy atom. The van der Waals surface area contributed by atoms with Gasteiger partial charge in [0.1, 0.15) is 18.5 Å². The van der Waals surface area contributed by atoms with Crippen molar-refractivity contribution in [2.24, 2.45) is 0 Å². The van der Waals surface area contributed by atoms with Gasteiger partial charge >= 0.3 is 0 Å². The molecule has 1 aliphatic carbocycles. The maximum absolute atomic E-state index is 13.3. The average molecular weight is 455 g/mol. The maximum Gasteiger partial charge on any atom is 0.268 e. The zero-order valence-electron chi connectivity index (χ0n) is 19.0. The predicted octanol–water partition coefficient (Wildman–Crippen LogP) is 4.18. The minimum atomic E-state index is -0.730. The molecular weight excluding hydrogens is 423 g/mol. The van der Waals surface area contributed by atoms with Gasteiger partial charge in [-0.2, -0.15) is 0 Å².